The smallest absolute Gasteiger partial charge is 0.0331 e. The van der Waals surface area contributed by atoms with Crippen LogP contribution in [0.1, 0.15) is 24.3 Å². The summed E-state index contributed by atoms with van der Waals surface area (Å²) in [6.07, 6.45) is 0.939. The lowest BCUT2D eigenvalue weighted by Crippen LogP contribution is -2.41. The van der Waals surface area contributed by atoms with Gasteiger partial charge in [0.2, 0.25) is 0 Å². The minimum atomic E-state index is 0.180. The molecule has 1 aromatic heterocycles. The van der Waals surface area contributed by atoms with E-state index in [2.05, 4.69) is 60.5 Å². The number of rotatable bonds is 7. The van der Waals surface area contributed by atoms with Crippen molar-refractivity contribution >= 4 is 11.3 Å². The first-order valence-electron chi connectivity index (χ1n) is 7.21. The molecular formula is C17H24N2S. The second kappa shape index (κ2) is 7.58. The third-order valence-electron chi connectivity index (χ3n) is 3.48. The Kier molecular flexibility index (Phi) is 5.77. The first-order chi connectivity index (χ1) is 9.65. The Hall–Kier alpha value is -1.16. The molecule has 1 atom stereocenters. The topological polar surface area (TPSA) is 29.3 Å². The molecule has 2 aromatic rings. The minimum absolute atomic E-state index is 0.180. The van der Waals surface area contributed by atoms with E-state index in [9.17, 15) is 0 Å². The Labute approximate surface area is 126 Å². The van der Waals surface area contributed by atoms with Crippen molar-refractivity contribution in [3.8, 4) is 0 Å². The third-order valence-corrected chi connectivity index (χ3v) is 4.34. The van der Waals surface area contributed by atoms with E-state index in [0.717, 1.165) is 19.5 Å². The van der Waals surface area contributed by atoms with Crippen molar-refractivity contribution in [2.24, 2.45) is 5.73 Å². The van der Waals surface area contributed by atoms with Gasteiger partial charge in [0.05, 0.1) is 0 Å². The summed E-state index contributed by atoms with van der Waals surface area (Å²) in [6.45, 7) is 6.41. The lowest BCUT2D eigenvalue weighted by Gasteiger charge is -2.29. The number of hydrogen-bond acceptors (Lipinski definition) is 3. The van der Waals surface area contributed by atoms with Crippen LogP contribution in [-0.2, 0) is 13.0 Å². The number of nitrogens with zero attached hydrogens (tertiary/aromatic N) is 1. The Balaban J connectivity index is 1.90. The summed E-state index contributed by atoms with van der Waals surface area (Å²) in [7, 11) is 0. The van der Waals surface area contributed by atoms with Crippen LogP contribution in [0, 0.1) is 0 Å². The SMILES string of the molecule is CC(C)N(Cc1cccs1)CC(N)Cc1ccccc1. The van der Waals surface area contributed by atoms with E-state index in [1.165, 1.54) is 10.4 Å². The van der Waals surface area contributed by atoms with Crippen LogP contribution in [0.5, 0.6) is 0 Å². The van der Waals surface area contributed by atoms with Gasteiger partial charge in [0.1, 0.15) is 0 Å². The molecule has 0 amide bonds. The zero-order valence-corrected chi connectivity index (χ0v) is 13.1. The molecule has 1 heterocycles. The minimum Gasteiger partial charge on any atom is -0.326 e. The molecule has 1 unspecified atom stereocenters. The van der Waals surface area contributed by atoms with Crippen LogP contribution in [0.4, 0.5) is 0 Å². The predicted octanol–water partition coefficient (Wildman–Crippen LogP) is 3.53. The molecule has 3 heteroatoms. The predicted molar refractivity (Wildman–Crippen MR) is 88.0 cm³/mol. The van der Waals surface area contributed by atoms with Gasteiger partial charge in [0.25, 0.3) is 0 Å². The zero-order valence-electron chi connectivity index (χ0n) is 12.3. The van der Waals surface area contributed by atoms with Crippen molar-refractivity contribution in [1.29, 1.82) is 0 Å². The van der Waals surface area contributed by atoms with Crippen molar-refractivity contribution < 1.29 is 0 Å². The molecule has 0 radical (unpaired) electrons. The van der Waals surface area contributed by atoms with Crippen LogP contribution in [0.25, 0.3) is 0 Å². The van der Waals surface area contributed by atoms with Gasteiger partial charge in [0, 0.05) is 30.1 Å². The average molecular weight is 288 g/mol. The van der Waals surface area contributed by atoms with Gasteiger partial charge in [-0.3, -0.25) is 4.90 Å². The summed E-state index contributed by atoms with van der Waals surface area (Å²) in [5.74, 6) is 0. The fraction of sp³-hybridized carbons (Fsp3) is 0.412. The molecule has 0 fully saturated rings. The highest BCUT2D eigenvalue weighted by Gasteiger charge is 2.15. The average Bonchev–Trinajstić information content (AvgIpc) is 2.92. The van der Waals surface area contributed by atoms with E-state index in [1.54, 1.807) is 0 Å². The van der Waals surface area contributed by atoms with E-state index >= 15 is 0 Å². The summed E-state index contributed by atoms with van der Waals surface area (Å²) < 4.78 is 0. The molecule has 20 heavy (non-hydrogen) atoms. The van der Waals surface area contributed by atoms with E-state index < -0.39 is 0 Å². The van der Waals surface area contributed by atoms with Crippen molar-refractivity contribution in [1.82, 2.24) is 4.90 Å². The van der Waals surface area contributed by atoms with Gasteiger partial charge in [-0.25, -0.2) is 0 Å². The van der Waals surface area contributed by atoms with Gasteiger partial charge in [-0.2, -0.15) is 0 Å². The quantitative estimate of drug-likeness (QED) is 0.844. The maximum atomic E-state index is 6.34. The van der Waals surface area contributed by atoms with Crippen LogP contribution in [0.15, 0.2) is 47.8 Å². The first kappa shape index (κ1) is 15.2. The lowest BCUT2D eigenvalue weighted by molar-refractivity contribution is 0.201. The zero-order chi connectivity index (χ0) is 14.4. The monoisotopic (exact) mass is 288 g/mol. The van der Waals surface area contributed by atoms with E-state index in [0.29, 0.717) is 6.04 Å². The maximum absolute atomic E-state index is 6.34. The van der Waals surface area contributed by atoms with Gasteiger partial charge in [-0.1, -0.05) is 36.4 Å². The van der Waals surface area contributed by atoms with E-state index in [1.807, 2.05) is 17.4 Å². The normalized spacial score (nSPS) is 13.1. The Morgan fingerprint density at radius 3 is 2.45 bits per heavy atom. The summed E-state index contributed by atoms with van der Waals surface area (Å²) in [5.41, 5.74) is 7.65. The highest BCUT2D eigenvalue weighted by Crippen LogP contribution is 2.14. The van der Waals surface area contributed by atoms with Crippen molar-refractivity contribution in [2.45, 2.75) is 38.9 Å². The number of hydrogen-bond donors (Lipinski definition) is 1. The first-order valence-corrected chi connectivity index (χ1v) is 8.09. The molecule has 0 aliphatic rings. The fourth-order valence-electron chi connectivity index (χ4n) is 2.34. The lowest BCUT2D eigenvalue weighted by atomic mass is 10.1. The largest absolute Gasteiger partial charge is 0.326 e. The van der Waals surface area contributed by atoms with Crippen LogP contribution < -0.4 is 5.73 Å². The number of thiophene rings is 1. The van der Waals surface area contributed by atoms with Gasteiger partial charge in [-0.15, -0.1) is 11.3 Å². The third kappa shape index (κ3) is 4.75. The van der Waals surface area contributed by atoms with Gasteiger partial charge >= 0.3 is 0 Å². The van der Waals surface area contributed by atoms with Crippen molar-refractivity contribution in [3.63, 3.8) is 0 Å². The highest BCUT2D eigenvalue weighted by atomic mass is 32.1. The highest BCUT2D eigenvalue weighted by molar-refractivity contribution is 7.09. The molecule has 0 saturated heterocycles. The van der Waals surface area contributed by atoms with E-state index in [-0.39, 0.29) is 6.04 Å². The van der Waals surface area contributed by atoms with Crippen LogP contribution >= 0.6 is 11.3 Å². The van der Waals surface area contributed by atoms with Crippen LogP contribution in [0.3, 0.4) is 0 Å². The number of nitrogens with two attached hydrogens (primary N) is 1. The maximum Gasteiger partial charge on any atom is 0.0331 e. The van der Waals surface area contributed by atoms with Gasteiger partial charge in [-0.05, 0) is 37.3 Å². The van der Waals surface area contributed by atoms with Gasteiger partial charge in [0.15, 0.2) is 0 Å². The second-order valence-corrected chi connectivity index (χ2v) is 6.58. The fourth-order valence-corrected chi connectivity index (χ4v) is 3.07. The van der Waals surface area contributed by atoms with Crippen LogP contribution in [-0.4, -0.2) is 23.5 Å². The molecular weight excluding hydrogens is 264 g/mol. The Morgan fingerprint density at radius 1 is 1.10 bits per heavy atom. The summed E-state index contributed by atoms with van der Waals surface area (Å²) in [4.78, 5) is 3.87. The van der Waals surface area contributed by atoms with Crippen LogP contribution in [0.2, 0.25) is 0 Å². The molecule has 2 N–H and O–H groups in total. The van der Waals surface area contributed by atoms with Gasteiger partial charge < -0.3 is 5.73 Å². The standard InChI is InChI=1S/C17H24N2S/c1-14(2)19(13-17-9-6-10-20-17)12-16(18)11-15-7-4-3-5-8-15/h3-10,14,16H,11-13,18H2,1-2H3. The molecule has 1 aromatic carbocycles. The molecule has 108 valence electrons. The molecule has 0 bridgehead atoms. The molecule has 0 aliphatic carbocycles. The summed E-state index contributed by atoms with van der Waals surface area (Å²) in [5, 5.41) is 2.14. The van der Waals surface area contributed by atoms with E-state index in [4.69, 9.17) is 5.73 Å². The molecule has 0 saturated carbocycles. The molecule has 0 aliphatic heterocycles. The Bertz CT molecular complexity index is 479. The summed E-state index contributed by atoms with van der Waals surface area (Å²) in [6, 6.07) is 15.5. The van der Waals surface area contributed by atoms with Crippen molar-refractivity contribution in [3.05, 3.63) is 58.3 Å². The summed E-state index contributed by atoms with van der Waals surface area (Å²) >= 11 is 1.82. The number of benzene rings is 1. The van der Waals surface area contributed by atoms with Crippen molar-refractivity contribution in [2.75, 3.05) is 6.54 Å². The molecule has 0 spiro atoms. The second-order valence-electron chi connectivity index (χ2n) is 5.55. The molecule has 2 rings (SSSR count). The molecule has 2 nitrogen and oxygen atoms in total. The Morgan fingerprint density at radius 2 is 1.85 bits per heavy atom.